The second-order valence-electron chi connectivity index (χ2n) is 4.22. The maximum Gasteiger partial charge on any atom is 0.341 e. The molecule has 2 aromatic rings. The van der Waals surface area contributed by atoms with E-state index >= 15 is 0 Å². The van der Waals surface area contributed by atoms with E-state index in [9.17, 15) is 37.4 Å². The molecule has 0 N–H and O–H groups in total. The Kier molecular flexibility index (Phi) is 4.06. The molecule has 0 aliphatic carbocycles. The SMILES string of the molecule is O=[N+]([O-])c1cccc(S(=O)(=O)c2ccc(F)c([N+](=O)[O-])c2F)c1. The quantitative estimate of drug-likeness (QED) is 0.477. The average molecular weight is 344 g/mol. The zero-order valence-corrected chi connectivity index (χ0v) is 11.8. The highest BCUT2D eigenvalue weighted by molar-refractivity contribution is 7.91. The molecule has 0 bridgehead atoms. The largest absolute Gasteiger partial charge is 0.341 e. The molecule has 11 heteroatoms. The Hall–Kier alpha value is -2.95. The van der Waals surface area contributed by atoms with Gasteiger partial charge < -0.3 is 0 Å². The first kappa shape index (κ1) is 16.4. The number of hydrogen-bond donors (Lipinski definition) is 0. The number of hydrogen-bond acceptors (Lipinski definition) is 6. The summed E-state index contributed by atoms with van der Waals surface area (Å²) in [6.45, 7) is 0. The second kappa shape index (κ2) is 5.68. The van der Waals surface area contributed by atoms with Crippen LogP contribution in [0.15, 0.2) is 46.2 Å². The highest BCUT2D eigenvalue weighted by Gasteiger charge is 2.31. The van der Waals surface area contributed by atoms with Gasteiger partial charge in [-0.1, -0.05) is 6.07 Å². The molecule has 2 rings (SSSR count). The highest BCUT2D eigenvalue weighted by Crippen LogP contribution is 2.31. The summed E-state index contributed by atoms with van der Waals surface area (Å²) in [6.07, 6.45) is 0. The van der Waals surface area contributed by atoms with Crippen molar-refractivity contribution in [3.63, 3.8) is 0 Å². The molecule has 0 heterocycles. The molecule has 0 atom stereocenters. The lowest BCUT2D eigenvalue weighted by molar-refractivity contribution is -0.390. The topological polar surface area (TPSA) is 120 Å². The summed E-state index contributed by atoms with van der Waals surface area (Å²) in [4.78, 5) is 17.3. The number of nitrogens with zero attached hydrogens (tertiary/aromatic N) is 2. The van der Waals surface area contributed by atoms with E-state index in [0.717, 1.165) is 18.2 Å². The van der Waals surface area contributed by atoms with Crippen molar-refractivity contribution in [3.05, 3.63) is 68.3 Å². The molecule has 23 heavy (non-hydrogen) atoms. The van der Waals surface area contributed by atoms with Gasteiger partial charge >= 0.3 is 5.69 Å². The molecule has 2 aromatic carbocycles. The smallest absolute Gasteiger partial charge is 0.258 e. The van der Waals surface area contributed by atoms with Gasteiger partial charge in [0, 0.05) is 12.1 Å². The third kappa shape index (κ3) is 2.85. The van der Waals surface area contributed by atoms with Gasteiger partial charge in [0.2, 0.25) is 21.5 Å². The fraction of sp³-hybridized carbons (Fsp3) is 0. The predicted molar refractivity (Wildman–Crippen MR) is 71.6 cm³/mol. The van der Waals surface area contributed by atoms with Crippen LogP contribution in [-0.2, 0) is 9.84 Å². The monoisotopic (exact) mass is 344 g/mol. The number of nitro benzene ring substituents is 2. The zero-order chi connectivity index (χ0) is 17.4. The van der Waals surface area contributed by atoms with Crippen molar-refractivity contribution in [2.75, 3.05) is 0 Å². The van der Waals surface area contributed by atoms with E-state index in [1.54, 1.807) is 0 Å². The van der Waals surface area contributed by atoms with Crippen LogP contribution in [0.5, 0.6) is 0 Å². The van der Waals surface area contributed by atoms with Crippen LogP contribution in [0.25, 0.3) is 0 Å². The Morgan fingerprint density at radius 3 is 2.17 bits per heavy atom. The maximum absolute atomic E-state index is 14.0. The molecule has 120 valence electrons. The first-order chi connectivity index (χ1) is 10.7. The zero-order valence-electron chi connectivity index (χ0n) is 11.0. The molecule has 0 radical (unpaired) electrons. The Morgan fingerprint density at radius 2 is 1.61 bits per heavy atom. The number of sulfone groups is 1. The minimum Gasteiger partial charge on any atom is -0.258 e. The highest BCUT2D eigenvalue weighted by atomic mass is 32.2. The van der Waals surface area contributed by atoms with Crippen LogP contribution in [0, 0.1) is 31.9 Å². The summed E-state index contributed by atoms with van der Waals surface area (Å²) < 4.78 is 51.9. The maximum atomic E-state index is 14.0. The summed E-state index contributed by atoms with van der Waals surface area (Å²) in [7, 11) is -4.65. The molecule has 0 unspecified atom stereocenters. The third-order valence-corrected chi connectivity index (χ3v) is 4.61. The Morgan fingerprint density at radius 1 is 0.957 bits per heavy atom. The van der Waals surface area contributed by atoms with Crippen LogP contribution in [-0.4, -0.2) is 18.3 Å². The van der Waals surface area contributed by atoms with Crippen LogP contribution in [0.1, 0.15) is 0 Å². The molecule has 0 fully saturated rings. The van der Waals surface area contributed by atoms with Gasteiger partial charge in [-0.25, -0.2) is 8.42 Å². The summed E-state index contributed by atoms with van der Waals surface area (Å²) in [5, 5.41) is 21.3. The lowest BCUT2D eigenvalue weighted by atomic mass is 10.3. The van der Waals surface area contributed by atoms with Crippen LogP contribution < -0.4 is 0 Å². The molecule has 8 nitrogen and oxygen atoms in total. The second-order valence-corrected chi connectivity index (χ2v) is 6.14. The minimum atomic E-state index is -4.65. The number of rotatable bonds is 4. The van der Waals surface area contributed by atoms with Gasteiger partial charge in [0.1, 0.15) is 4.90 Å². The average Bonchev–Trinajstić information content (AvgIpc) is 2.46. The summed E-state index contributed by atoms with van der Waals surface area (Å²) >= 11 is 0. The fourth-order valence-electron chi connectivity index (χ4n) is 1.79. The van der Waals surface area contributed by atoms with Crippen molar-refractivity contribution in [1.82, 2.24) is 0 Å². The van der Waals surface area contributed by atoms with Gasteiger partial charge in [0.15, 0.2) is 0 Å². The van der Waals surface area contributed by atoms with E-state index in [-0.39, 0.29) is 0 Å². The lowest BCUT2D eigenvalue weighted by Crippen LogP contribution is -2.08. The third-order valence-electron chi connectivity index (χ3n) is 2.84. The van der Waals surface area contributed by atoms with Crippen LogP contribution in [0.2, 0.25) is 0 Å². The van der Waals surface area contributed by atoms with Gasteiger partial charge in [0.25, 0.3) is 5.69 Å². The van der Waals surface area contributed by atoms with Crippen molar-refractivity contribution in [1.29, 1.82) is 0 Å². The van der Waals surface area contributed by atoms with Gasteiger partial charge in [-0.05, 0) is 18.2 Å². The number of nitro groups is 2. The normalized spacial score (nSPS) is 11.2. The molecule has 0 amide bonds. The van der Waals surface area contributed by atoms with E-state index in [2.05, 4.69) is 0 Å². The Bertz CT molecular complexity index is 929. The van der Waals surface area contributed by atoms with Crippen molar-refractivity contribution >= 4 is 21.2 Å². The fourth-order valence-corrected chi connectivity index (χ4v) is 3.16. The van der Waals surface area contributed by atoms with E-state index in [1.807, 2.05) is 0 Å². The Balaban J connectivity index is 2.71. The molecule has 0 aromatic heterocycles. The van der Waals surface area contributed by atoms with Gasteiger partial charge in [-0.3, -0.25) is 20.2 Å². The number of benzene rings is 2. The minimum absolute atomic E-state index is 0.436. The van der Waals surface area contributed by atoms with Crippen LogP contribution in [0.4, 0.5) is 20.2 Å². The van der Waals surface area contributed by atoms with Gasteiger partial charge in [-0.15, -0.1) is 0 Å². The van der Waals surface area contributed by atoms with Crippen LogP contribution >= 0.6 is 0 Å². The summed E-state index contributed by atoms with van der Waals surface area (Å²) in [5.41, 5.74) is -2.18. The van der Waals surface area contributed by atoms with Crippen molar-refractivity contribution in [2.45, 2.75) is 9.79 Å². The molecular formula is C12H6F2N2O6S. The standard InChI is InChI=1S/C12H6F2N2O6S/c13-9-4-5-10(11(14)12(9)16(19)20)23(21,22)8-3-1-2-7(6-8)15(17)18/h1-6H. The first-order valence-electron chi connectivity index (χ1n) is 5.78. The molecule has 0 aliphatic rings. The number of non-ortho nitro benzene ring substituents is 1. The summed E-state index contributed by atoms with van der Waals surface area (Å²) in [6, 6.07) is 4.65. The van der Waals surface area contributed by atoms with E-state index in [4.69, 9.17) is 0 Å². The van der Waals surface area contributed by atoms with Crippen molar-refractivity contribution < 1.29 is 27.0 Å². The van der Waals surface area contributed by atoms with E-state index < -0.39 is 52.5 Å². The summed E-state index contributed by atoms with van der Waals surface area (Å²) in [5.74, 6) is -3.41. The van der Waals surface area contributed by atoms with E-state index in [1.165, 1.54) is 0 Å². The van der Waals surface area contributed by atoms with Crippen molar-refractivity contribution in [3.8, 4) is 0 Å². The van der Waals surface area contributed by atoms with Gasteiger partial charge in [-0.2, -0.15) is 8.78 Å². The lowest BCUT2D eigenvalue weighted by Gasteiger charge is -2.06. The molecule has 0 aliphatic heterocycles. The molecule has 0 saturated heterocycles. The molecular weight excluding hydrogens is 338 g/mol. The Labute approximate surface area is 127 Å². The molecule has 0 spiro atoms. The predicted octanol–water partition coefficient (Wildman–Crippen LogP) is 2.61. The van der Waals surface area contributed by atoms with Crippen molar-refractivity contribution in [2.24, 2.45) is 0 Å². The number of halogens is 2. The molecule has 0 saturated carbocycles. The van der Waals surface area contributed by atoms with Crippen LogP contribution in [0.3, 0.4) is 0 Å². The van der Waals surface area contributed by atoms with E-state index in [0.29, 0.717) is 18.2 Å². The van der Waals surface area contributed by atoms with Gasteiger partial charge in [0.05, 0.1) is 14.7 Å². The first-order valence-corrected chi connectivity index (χ1v) is 7.26.